The second kappa shape index (κ2) is 9.13. The number of nitriles is 1. The van der Waals surface area contributed by atoms with Crippen LogP contribution in [0, 0.1) is 11.3 Å². The number of nitrogens with two attached hydrogens (primary N) is 1. The van der Waals surface area contributed by atoms with E-state index in [2.05, 4.69) is 11.1 Å². The van der Waals surface area contributed by atoms with Crippen LogP contribution in [-0.4, -0.2) is 30.9 Å². The highest BCUT2D eigenvalue weighted by Crippen LogP contribution is 2.35. The molecule has 0 fully saturated rings. The molecule has 1 amide bonds. The molecule has 0 bridgehead atoms. The summed E-state index contributed by atoms with van der Waals surface area (Å²) in [6.07, 6.45) is 0. The van der Waals surface area contributed by atoms with Crippen molar-refractivity contribution < 1.29 is 14.3 Å². The minimum Gasteiger partial charge on any atom is -0.497 e. The SMILES string of the molecule is COc1ccc(-c2cc(-c3ccc(OC)cc3)c(C#N)c(SCC(N)=O)n2)cc1. The number of hydrogen-bond donors (Lipinski definition) is 1. The predicted molar refractivity (Wildman–Crippen MR) is 113 cm³/mol. The second-order valence-corrected chi connectivity index (χ2v) is 7.02. The Morgan fingerprint density at radius 2 is 1.59 bits per heavy atom. The molecule has 29 heavy (non-hydrogen) atoms. The van der Waals surface area contributed by atoms with E-state index in [-0.39, 0.29) is 5.75 Å². The number of pyridine rings is 1. The van der Waals surface area contributed by atoms with Crippen LogP contribution in [-0.2, 0) is 4.79 Å². The first-order valence-electron chi connectivity index (χ1n) is 8.70. The minimum atomic E-state index is -0.471. The molecule has 2 N–H and O–H groups in total. The maximum Gasteiger partial charge on any atom is 0.227 e. The van der Waals surface area contributed by atoms with Crippen LogP contribution in [0.2, 0.25) is 0 Å². The maximum absolute atomic E-state index is 11.3. The molecule has 0 spiro atoms. The van der Waals surface area contributed by atoms with Gasteiger partial charge in [-0.25, -0.2) is 4.98 Å². The van der Waals surface area contributed by atoms with Crippen molar-refractivity contribution in [3.8, 4) is 40.0 Å². The number of thioether (sulfide) groups is 1. The number of aromatic nitrogens is 1. The number of ether oxygens (including phenoxy) is 2. The molecule has 6 nitrogen and oxygen atoms in total. The third-order valence-electron chi connectivity index (χ3n) is 4.24. The van der Waals surface area contributed by atoms with Crippen LogP contribution in [0.3, 0.4) is 0 Å². The predicted octanol–water partition coefficient (Wildman–Crippen LogP) is 3.88. The number of carbonyl (C=O) groups is 1. The molecule has 0 saturated heterocycles. The molecule has 1 heterocycles. The number of benzene rings is 2. The molecule has 1 aromatic heterocycles. The van der Waals surface area contributed by atoms with E-state index in [1.807, 2.05) is 54.6 Å². The highest BCUT2D eigenvalue weighted by Gasteiger charge is 2.16. The lowest BCUT2D eigenvalue weighted by atomic mass is 9.99. The molecule has 2 aromatic carbocycles. The Kier molecular flexibility index (Phi) is 6.37. The molecule has 0 aliphatic carbocycles. The molecule has 0 atom stereocenters. The average molecular weight is 405 g/mol. The number of hydrogen-bond acceptors (Lipinski definition) is 6. The zero-order valence-corrected chi connectivity index (χ0v) is 16.8. The van der Waals surface area contributed by atoms with Gasteiger partial charge in [0.1, 0.15) is 22.6 Å². The van der Waals surface area contributed by atoms with Crippen molar-refractivity contribution in [2.24, 2.45) is 5.73 Å². The van der Waals surface area contributed by atoms with Crippen LogP contribution >= 0.6 is 11.8 Å². The summed E-state index contributed by atoms with van der Waals surface area (Å²) in [5.74, 6) is 1.03. The fourth-order valence-corrected chi connectivity index (χ4v) is 3.52. The highest BCUT2D eigenvalue weighted by molar-refractivity contribution is 8.00. The summed E-state index contributed by atoms with van der Waals surface area (Å²) in [7, 11) is 3.21. The fraction of sp³-hybridized carbons (Fsp3) is 0.136. The molecule has 3 rings (SSSR count). The first-order valence-corrected chi connectivity index (χ1v) is 9.69. The van der Waals surface area contributed by atoms with Crippen molar-refractivity contribution in [3.05, 3.63) is 60.2 Å². The lowest BCUT2D eigenvalue weighted by Gasteiger charge is -2.13. The molecule has 0 aliphatic rings. The average Bonchev–Trinajstić information content (AvgIpc) is 2.77. The van der Waals surface area contributed by atoms with Crippen molar-refractivity contribution in [2.75, 3.05) is 20.0 Å². The summed E-state index contributed by atoms with van der Waals surface area (Å²) in [5.41, 5.74) is 8.82. The van der Waals surface area contributed by atoms with Crippen molar-refractivity contribution in [1.29, 1.82) is 5.26 Å². The minimum absolute atomic E-state index is 0.0375. The van der Waals surface area contributed by atoms with Gasteiger partial charge in [0, 0.05) is 11.1 Å². The van der Waals surface area contributed by atoms with E-state index in [0.29, 0.717) is 16.3 Å². The lowest BCUT2D eigenvalue weighted by Crippen LogP contribution is -2.13. The summed E-state index contributed by atoms with van der Waals surface area (Å²) in [6, 6.07) is 19.0. The Bertz CT molecular complexity index is 1060. The number of nitrogens with zero attached hydrogens (tertiary/aromatic N) is 2. The van der Waals surface area contributed by atoms with Crippen molar-refractivity contribution in [1.82, 2.24) is 4.98 Å². The van der Waals surface area contributed by atoms with Gasteiger partial charge in [0.25, 0.3) is 0 Å². The Labute approximate surface area is 173 Å². The smallest absolute Gasteiger partial charge is 0.227 e. The standard InChI is InChI=1S/C22H19N3O3S/c1-27-16-7-3-14(4-8-16)18-11-20(15-5-9-17(28-2)10-6-15)25-22(19(18)12-23)29-13-21(24)26/h3-11H,13H2,1-2H3,(H2,24,26). The number of rotatable bonds is 7. The van der Waals surface area contributed by atoms with Crippen LogP contribution in [0.4, 0.5) is 0 Å². The summed E-state index contributed by atoms with van der Waals surface area (Å²) in [4.78, 5) is 15.9. The first kappa shape index (κ1) is 20.2. The molecule has 0 saturated carbocycles. The van der Waals surface area contributed by atoms with Gasteiger partial charge in [0.2, 0.25) is 5.91 Å². The molecule has 0 unspecified atom stereocenters. The van der Waals surface area contributed by atoms with Gasteiger partial charge in [-0.3, -0.25) is 4.79 Å². The number of primary amides is 1. The third kappa shape index (κ3) is 4.68. The fourth-order valence-electron chi connectivity index (χ4n) is 2.78. The Morgan fingerprint density at radius 1 is 1.03 bits per heavy atom. The largest absolute Gasteiger partial charge is 0.497 e. The Morgan fingerprint density at radius 3 is 2.07 bits per heavy atom. The van der Waals surface area contributed by atoms with Crippen LogP contribution in [0.15, 0.2) is 59.6 Å². The van der Waals surface area contributed by atoms with Gasteiger partial charge in [-0.15, -0.1) is 0 Å². The van der Waals surface area contributed by atoms with Crippen molar-refractivity contribution in [2.45, 2.75) is 5.03 Å². The Hall–Kier alpha value is -3.50. The van der Waals surface area contributed by atoms with Crippen LogP contribution < -0.4 is 15.2 Å². The van der Waals surface area contributed by atoms with Gasteiger partial charge in [-0.2, -0.15) is 5.26 Å². The normalized spacial score (nSPS) is 10.2. The van der Waals surface area contributed by atoms with Gasteiger partial charge >= 0.3 is 0 Å². The Balaban J connectivity index is 2.16. The van der Waals surface area contributed by atoms with Crippen LogP contribution in [0.5, 0.6) is 11.5 Å². The van der Waals surface area contributed by atoms with E-state index >= 15 is 0 Å². The quantitative estimate of drug-likeness (QED) is 0.599. The third-order valence-corrected chi connectivity index (χ3v) is 5.23. The van der Waals surface area contributed by atoms with E-state index in [0.717, 1.165) is 40.0 Å². The van der Waals surface area contributed by atoms with Crippen LogP contribution in [0.1, 0.15) is 5.56 Å². The number of methoxy groups -OCH3 is 2. The number of amides is 1. The second-order valence-electron chi connectivity index (χ2n) is 6.06. The van der Waals surface area contributed by atoms with Crippen LogP contribution in [0.25, 0.3) is 22.4 Å². The van der Waals surface area contributed by atoms with Gasteiger partial charge in [-0.05, 0) is 48.0 Å². The van der Waals surface area contributed by atoms with E-state index in [9.17, 15) is 10.1 Å². The summed E-state index contributed by atoms with van der Waals surface area (Å²) < 4.78 is 10.4. The molecule has 146 valence electrons. The molecule has 3 aromatic rings. The molecule has 7 heteroatoms. The molecule has 0 aliphatic heterocycles. The zero-order valence-electron chi connectivity index (χ0n) is 16.0. The maximum atomic E-state index is 11.3. The van der Waals surface area contributed by atoms with E-state index in [4.69, 9.17) is 15.2 Å². The monoisotopic (exact) mass is 405 g/mol. The van der Waals surface area contributed by atoms with Gasteiger partial charge in [-0.1, -0.05) is 23.9 Å². The van der Waals surface area contributed by atoms with Gasteiger partial charge in [0.05, 0.1) is 31.2 Å². The number of carbonyl (C=O) groups excluding carboxylic acids is 1. The summed E-state index contributed by atoms with van der Waals surface area (Å²) in [5, 5.41) is 10.3. The lowest BCUT2D eigenvalue weighted by molar-refractivity contribution is -0.115. The van der Waals surface area contributed by atoms with E-state index in [1.165, 1.54) is 0 Å². The van der Waals surface area contributed by atoms with Gasteiger partial charge < -0.3 is 15.2 Å². The van der Waals surface area contributed by atoms with Crippen molar-refractivity contribution in [3.63, 3.8) is 0 Å². The molecular weight excluding hydrogens is 386 g/mol. The summed E-state index contributed by atoms with van der Waals surface area (Å²) >= 11 is 1.16. The van der Waals surface area contributed by atoms with Gasteiger partial charge in [0.15, 0.2) is 0 Å². The molecule has 0 radical (unpaired) electrons. The zero-order chi connectivity index (χ0) is 20.8. The van der Waals surface area contributed by atoms with E-state index in [1.54, 1.807) is 14.2 Å². The van der Waals surface area contributed by atoms with E-state index < -0.39 is 5.91 Å². The van der Waals surface area contributed by atoms with Crippen molar-refractivity contribution >= 4 is 17.7 Å². The first-order chi connectivity index (χ1) is 14.0. The highest BCUT2D eigenvalue weighted by atomic mass is 32.2. The molecular formula is C22H19N3O3S. The summed E-state index contributed by atoms with van der Waals surface area (Å²) in [6.45, 7) is 0. The topological polar surface area (TPSA) is 98.2 Å².